The number of benzene rings is 1. The first-order valence-corrected chi connectivity index (χ1v) is 9.82. The molecule has 26 heavy (non-hydrogen) atoms. The van der Waals surface area contributed by atoms with Crippen molar-refractivity contribution < 1.29 is 17.9 Å². The average molecular weight is 377 g/mol. The summed E-state index contributed by atoms with van der Waals surface area (Å²) in [4.78, 5) is 6.39. The first kappa shape index (κ1) is 18.6. The number of methoxy groups -OCH3 is 2. The number of hydrogen-bond donors (Lipinski definition) is 0. The highest BCUT2D eigenvalue weighted by molar-refractivity contribution is 7.89. The molecule has 1 aromatic carbocycles. The van der Waals surface area contributed by atoms with Gasteiger partial charge < -0.3 is 9.47 Å². The molecule has 140 valence electrons. The molecule has 3 rings (SSSR count). The third-order valence-corrected chi connectivity index (χ3v) is 6.34. The molecule has 1 aliphatic heterocycles. The van der Waals surface area contributed by atoms with Crippen LogP contribution in [0.15, 0.2) is 47.6 Å². The zero-order valence-corrected chi connectivity index (χ0v) is 15.8. The van der Waals surface area contributed by atoms with Crippen LogP contribution < -0.4 is 9.47 Å². The van der Waals surface area contributed by atoms with E-state index in [1.807, 2.05) is 18.2 Å². The average Bonchev–Trinajstić information content (AvgIpc) is 2.69. The summed E-state index contributed by atoms with van der Waals surface area (Å²) in [5, 5.41) is 0. The van der Waals surface area contributed by atoms with Gasteiger partial charge in [-0.15, -0.1) is 0 Å². The summed E-state index contributed by atoms with van der Waals surface area (Å²) < 4.78 is 37.4. The third kappa shape index (κ3) is 3.98. The second-order valence-corrected chi connectivity index (χ2v) is 8.00. The topological polar surface area (TPSA) is 72.0 Å². The molecule has 0 aliphatic carbocycles. The summed E-state index contributed by atoms with van der Waals surface area (Å²) in [5.41, 5.74) is 1.10. The largest absolute Gasteiger partial charge is 0.493 e. The highest BCUT2D eigenvalue weighted by atomic mass is 32.2. The van der Waals surface area contributed by atoms with Crippen LogP contribution >= 0.6 is 0 Å². The van der Waals surface area contributed by atoms with E-state index in [0.717, 1.165) is 12.1 Å². The molecule has 0 atom stereocenters. The number of rotatable bonds is 6. The van der Waals surface area contributed by atoms with Gasteiger partial charge in [0.1, 0.15) is 4.90 Å². The van der Waals surface area contributed by atoms with Gasteiger partial charge in [-0.1, -0.05) is 6.07 Å². The van der Waals surface area contributed by atoms with Crippen molar-refractivity contribution >= 4 is 10.0 Å². The molecule has 2 aromatic rings. The van der Waals surface area contributed by atoms with Crippen LogP contribution in [-0.2, 0) is 16.6 Å². The lowest BCUT2D eigenvalue weighted by Crippen LogP contribution is -2.48. The number of piperazine rings is 1. The number of nitrogens with zero attached hydrogens (tertiary/aromatic N) is 3. The number of pyridine rings is 1. The fourth-order valence-electron chi connectivity index (χ4n) is 3.01. The van der Waals surface area contributed by atoms with Crippen LogP contribution in [0.25, 0.3) is 0 Å². The second kappa shape index (κ2) is 8.03. The molecule has 0 N–H and O–H groups in total. The number of sulfonamides is 1. The van der Waals surface area contributed by atoms with Crippen molar-refractivity contribution in [3.05, 3.63) is 48.3 Å². The fraction of sp³-hybridized carbons (Fsp3) is 0.389. The Morgan fingerprint density at radius 1 is 1.04 bits per heavy atom. The summed E-state index contributed by atoms with van der Waals surface area (Å²) in [6, 6.07) is 9.06. The number of ether oxygens (including phenoxy) is 2. The van der Waals surface area contributed by atoms with E-state index in [0.29, 0.717) is 37.7 Å². The van der Waals surface area contributed by atoms with E-state index in [4.69, 9.17) is 9.47 Å². The van der Waals surface area contributed by atoms with Gasteiger partial charge in [-0.2, -0.15) is 4.31 Å². The van der Waals surface area contributed by atoms with Crippen molar-refractivity contribution in [1.82, 2.24) is 14.2 Å². The molecule has 1 fully saturated rings. The van der Waals surface area contributed by atoms with Gasteiger partial charge in [0.05, 0.1) is 14.2 Å². The molecule has 0 radical (unpaired) electrons. The van der Waals surface area contributed by atoms with Crippen LogP contribution in [-0.4, -0.2) is 63.0 Å². The molecular weight excluding hydrogens is 354 g/mol. The summed E-state index contributed by atoms with van der Waals surface area (Å²) in [6.45, 7) is 3.01. The lowest BCUT2D eigenvalue weighted by molar-refractivity contribution is 0.181. The summed E-state index contributed by atoms with van der Waals surface area (Å²) >= 11 is 0. The van der Waals surface area contributed by atoms with Gasteiger partial charge in [0, 0.05) is 45.1 Å². The number of hydrogen-bond acceptors (Lipinski definition) is 6. The zero-order valence-electron chi connectivity index (χ0n) is 15.0. The summed E-state index contributed by atoms with van der Waals surface area (Å²) in [6.07, 6.45) is 2.96. The smallest absolute Gasteiger partial charge is 0.244 e. The summed E-state index contributed by atoms with van der Waals surface area (Å²) in [7, 11) is -0.245. The molecule has 1 saturated heterocycles. The quantitative estimate of drug-likeness (QED) is 0.762. The first-order valence-electron chi connectivity index (χ1n) is 8.38. The Morgan fingerprint density at radius 3 is 2.38 bits per heavy atom. The van der Waals surface area contributed by atoms with E-state index >= 15 is 0 Å². The molecule has 0 spiro atoms. The second-order valence-electron chi connectivity index (χ2n) is 6.06. The Kier molecular flexibility index (Phi) is 5.75. The Labute approximate surface area is 154 Å². The predicted molar refractivity (Wildman–Crippen MR) is 97.8 cm³/mol. The molecule has 0 saturated carbocycles. The lowest BCUT2D eigenvalue weighted by Gasteiger charge is -2.34. The van der Waals surface area contributed by atoms with Crippen molar-refractivity contribution in [2.24, 2.45) is 0 Å². The normalized spacial score (nSPS) is 16.4. The molecule has 0 amide bonds. The Bertz CT molecular complexity index is 835. The molecule has 2 heterocycles. The predicted octanol–water partition coefficient (Wildman–Crippen LogP) is 1.61. The highest BCUT2D eigenvalue weighted by Gasteiger charge is 2.28. The van der Waals surface area contributed by atoms with E-state index < -0.39 is 10.0 Å². The van der Waals surface area contributed by atoms with Crippen LogP contribution in [0.4, 0.5) is 0 Å². The SMILES string of the molecule is COc1ccc(CN2CCN(S(=O)(=O)c3cccnc3)CC2)cc1OC. The fourth-order valence-corrected chi connectivity index (χ4v) is 4.40. The minimum atomic E-state index is -3.47. The highest BCUT2D eigenvalue weighted by Crippen LogP contribution is 2.28. The van der Waals surface area contributed by atoms with Crippen LogP contribution in [0.5, 0.6) is 11.5 Å². The van der Waals surface area contributed by atoms with Gasteiger partial charge in [-0.25, -0.2) is 8.42 Å². The van der Waals surface area contributed by atoms with Crippen molar-refractivity contribution in [1.29, 1.82) is 0 Å². The molecule has 8 heteroatoms. The molecular formula is C18H23N3O4S. The van der Waals surface area contributed by atoms with Gasteiger partial charge in [-0.05, 0) is 29.8 Å². The van der Waals surface area contributed by atoms with Gasteiger partial charge >= 0.3 is 0 Å². The first-order chi connectivity index (χ1) is 12.5. The molecule has 1 aliphatic rings. The Balaban J connectivity index is 1.62. The Hall–Kier alpha value is -2.16. The van der Waals surface area contributed by atoms with Crippen LogP contribution in [0, 0.1) is 0 Å². The summed E-state index contributed by atoms with van der Waals surface area (Å²) in [5.74, 6) is 1.39. The van der Waals surface area contributed by atoms with Crippen LogP contribution in [0.1, 0.15) is 5.56 Å². The van der Waals surface area contributed by atoms with Crippen LogP contribution in [0.3, 0.4) is 0 Å². The third-order valence-electron chi connectivity index (χ3n) is 4.46. The van der Waals surface area contributed by atoms with E-state index in [9.17, 15) is 8.42 Å². The van der Waals surface area contributed by atoms with E-state index in [2.05, 4.69) is 9.88 Å². The van der Waals surface area contributed by atoms with E-state index in [1.165, 1.54) is 10.5 Å². The minimum absolute atomic E-state index is 0.244. The van der Waals surface area contributed by atoms with Crippen molar-refractivity contribution in [3.63, 3.8) is 0 Å². The van der Waals surface area contributed by atoms with Gasteiger partial charge in [0.2, 0.25) is 10.0 Å². The van der Waals surface area contributed by atoms with Gasteiger partial charge in [0.15, 0.2) is 11.5 Å². The van der Waals surface area contributed by atoms with Gasteiger partial charge in [0.25, 0.3) is 0 Å². The Morgan fingerprint density at radius 2 is 1.77 bits per heavy atom. The zero-order chi connectivity index (χ0) is 18.6. The van der Waals surface area contributed by atoms with E-state index in [1.54, 1.807) is 32.5 Å². The van der Waals surface area contributed by atoms with Crippen molar-refractivity contribution in [2.75, 3.05) is 40.4 Å². The molecule has 0 unspecified atom stereocenters. The molecule has 1 aromatic heterocycles. The standard InChI is InChI=1S/C18H23N3O4S/c1-24-17-6-5-15(12-18(17)25-2)14-20-8-10-21(11-9-20)26(22,23)16-4-3-7-19-13-16/h3-7,12-13H,8-11,14H2,1-2H3. The number of aromatic nitrogens is 1. The van der Waals surface area contributed by atoms with Crippen molar-refractivity contribution in [3.8, 4) is 11.5 Å². The lowest BCUT2D eigenvalue weighted by atomic mass is 10.1. The maximum absolute atomic E-state index is 12.6. The molecule has 0 bridgehead atoms. The van der Waals surface area contributed by atoms with E-state index in [-0.39, 0.29) is 4.90 Å². The van der Waals surface area contributed by atoms with Gasteiger partial charge in [-0.3, -0.25) is 9.88 Å². The maximum atomic E-state index is 12.6. The minimum Gasteiger partial charge on any atom is -0.493 e. The van der Waals surface area contributed by atoms with Crippen LogP contribution in [0.2, 0.25) is 0 Å². The molecule has 7 nitrogen and oxygen atoms in total. The van der Waals surface area contributed by atoms with Crippen molar-refractivity contribution in [2.45, 2.75) is 11.4 Å². The monoisotopic (exact) mass is 377 g/mol. The maximum Gasteiger partial charge on any atom is 0.244 e.